The van der Waals surface area contributed by atoms with Crippen LogP contribution in [0.25, 0.3) is 66.9 Å². The van der Waals surface area contributed by atoms with Gasteiger partial charge in [0, 0.05) is 22.6 Å². The lowest BCUT2D eigenvalue weighted by molar-refractivity contribution is 0.926. The molecule has 7 aromatic carbocycles. The maximum Gasteiger partial charge on any atom is 0.160 e. The highest BCUT2D eigenvalue weighted by molar-refractivity contribution is 5.97. The van der Waals surface area contributed by atoms with Crippen LogP contribution in [-0.4, -0.2) is 9.97 Å². The minimum Gasteiger partial charge on any atom is -0.228 e. The van der Waals surface area contributed by atoms with Gasteiger partial charge in [-0.2, -0.15) is 0 Å². The Balaban J connectivity index is 1.09. The van der Waals surface area contributed by atoms with Crippen LogP contribution in [0.1, 0.15) is 58.9 Å². The Morgan fingerprint density at radius 2 is 1.10 bits per heavy atom. The van der Waals surface area contributed by atoms with E-state index >= 15 is 0 Å². The summed E-state index contributed by atoms with van der Waals surface area (Å²) in [4.78, 5) is 10.2. The molecule has 10 rings (SSSR count). The maximum absolute atomic E-state index is 5.09. The summed E-state index contributed by atoms with van der Waals surface area (Å²) >= 11 is 0. The van der Waals surface area contributed by atoms with Crippen LogP contribution in [0, 0.1) is 6.92 Å². The molecule has 0 radical (unpaired) electrons. The first-order valence-corrected chi connectivity index (χ1v) is 18.5. The van der Waals surface area contributed by atoms with Crippen molar-refractivity contribution in [1.29, 1.82) is 0 Å². The minimum atomic E-state index is 0.160. The Kier molecular flexibility index (Phi) is 7.25. The van der Waals surface area contributed by atoms with Gasteiger partial charge in [0.25, 0.3) is 0 Å². The quantitative estimate of drug-likeness (QED) is 0.176. The van der Waals surface area contributed by atoms with Crippen molar-refractivity contribution in [3.63, 3.8) is 0 Å². The molecule has 248 valence electrons. The Morgan fingerprint density at radius 1 is 0.500 bits per heavy atom. The number of nitrogens with zero attached hydrogens (tertiary/aromatic N) is 2. The van der Waals surface area contributed by atoms with Crippen molar-refractivity contribution in [3.8, 4) is 56.2 Å². The van der Waals surface area contributed by atoms with Crippen molar-refractivity contribution in [1.82, 2.24) is 9.97 Å². The van der Waals surface area contributed by atoms with Crippen LogP contribution in [0.3, 0.4) is 0 Å². The molecule has 8 aromatic rings. The second kappa shape index (κ2) is 12.3. The number of hydrogen-bond donors (Lipinski definition) is 0. The van der Waals surface area contributed by atoms with E-state index in [1.807, 2.05) is 12.1 Å². The van der Waals surface area contributed by atoms with E-state index in [0.29, 0.717) is 11.8 Å². The molecule has 2 aliphatic rings. The molecule has 1 aromatic heterocycles. The van der Waals surface area contributed by atoms with Crippen LogP contribution in [-0.2, 0) is 0 Å². The molecule has 0 N–H and O–H groups in total. The zero-order chi connectivity index (χ0) is 34.8. The summed E-state index contributed by atoms with van der Waals surface area (Å²) in [6, 6.07) is 59.4. The van der Waals surface area contributed by atoms with E-state index in [-0.39, 0.29) is 5.92 Å². The topological polar surface area (TPSA) is 25.8 Å². The summed E-state index contributed by atoms with van der Waals surface area (Å²) in [6.07, 6.45) is 1.25. The van der Waals surface area contributed by atoms with Crippen LogP contribution in [0.2, 0.25) is 0 Å². The van der Waals surface area contributed by atoms with Crippen LogP contribution < -0.4 is 0 Å². The van der Waals surface area contributed by atoms with Gasteiger partial charge in [0.15, 0.2) is 5.82 Å². The molecule has 52 heavy (non-hydrogen) atoms. The Hall–Kier alpha value is -6.12. The van der Waals surface area contributed by atoms with Crippen LogP contribution in [0.5, 0.6) is 0 Å². The van der Waals surface area contributed by atoms with Gasteiger partial charge in [-0.3, -0.25) is 0 Å². The van der Waals surface area contributed by atoms with E-state index in [1.54, 1.807) is 0 Å². The average molecular weight is 667 g/mol. The molecule has 1 fully saturated rings. The van der Waals surface area contributed by atoms with Gasteiger partial charge in [0.05, 0.1) is 11.4 Å². The van der Waals surface area contributed by atoms with Gasteiger partial charge >= 0.3 is 0 Å². The van der Waals surface area contributed by atoms with Crippen molar-refractivity contribution in [2.45, 2.75) is 38.0 Å². The van der Waals surface area contributed by atoms with E-state index in [4.69, 9.17) is 9.97 Å². The smallest absolute Gasteiger partial charge is 0.160 e. The summed E-state index contributed by atoms with van der Waals surface area (Å²) in [5.74, 6) is 2.18. The molecule has 2 unspecified atom stereocenters. The molecule has 1 saturated carbocycles. The predicted molar refractivity (Wildman–Crippen MR) is 216 cm³/mol. The number of aromatic nitrogens is 2. The van der Waals surface area contributed by atoms with Crippen molar-refractivity contribution >= 4 is 10.8 Å². The molecule has 2 nitrogen and oxygen atoms in total. The summed E-state index contributed by atoms with van der Waals surface area (Å²) in [5.41, 5.74) is 17.6. The van der Waals surface area contributed by atoms with Gasteiger partial charge in [0.1, 0.15) is 0 Å². The van der Waals surface area contributed by atoms with Gasteiger partial charge in [-0.05, 0) is 104 Å². The van der Waals surface area contributed by atoms with Gasteiger partial charge < -0.3 is 0 Å². The highest BCUT2D eigenvalue weighted by Crippen LogP contribution is 2.64. The number of fused-ring (bicyclic) bond motifs is 7. The fraction of sp³-hybridized carbons (Fsp3) is 0.120. The fourth-order valence-corrected chi connectivity index (χ4v) is 8.62. The monoisotopic (exact) mass is 666 g/mol. The zero-order valence-corrected chi connectivity index (χ0v) is 29.4. The normalized spacial score (nSPS) is 16.1. The van der Waals surface area contributed by atoms with Gasteiger partial charge in [-0.25, -0.2) is 9.97 Å². The predicted octanol–water partition coefficient (Wildman–Crippen LogP) is 13.0. The van der Waals surface area contributed by atoms with E-state index in [2.05, 4.69) is 166 Å². The van der Waals surface area contributed by atoms with Gasteiger partial charge in [0.2, 0.25) is 0 Å². The summed E-state index contributed by atoms with van der Waals surface area (Å²) in [7, 11) is 0. The Morgan fingerprint density at radius 3 is 1.79 bits per heavy atom. The number of aryl methyl sites for hydroxylation is 1. The number of hydrogen-bond acceptors (Lipinski definition) is 2. The molecular formula is C50H38N2. The van der Waals surface area contributed by atoms with Gasteiger partial charge in [-0.1, -0.05) is 153 Å². The molecule has 0 bridgehead atoms. The second-order valence-corrected chi connectivity index (χ2v) is 14.6. The molecule has 0 saturated heterocycles. The number of benzene rings is 7. The van der Waals surface area contributed by atoms with Crippen molar-refractivity contribution in [2.75, 3.05) is 0 Å². The molecule has 0 amide bonds. The molecule has 2 aliphatic carbocycles. The third-order valence-corrected chi connectivity index (χ3v) is 11.5. The lowest BCUT2D eigenvalue weighted by atomic mass is 9.77. The van der Waals surface area contributed by atoms with E-state index in [0.717, 1.165) is 33.9 Å². The lowest BCUT2D eigenvalue weighted by Crippen LogP contribution is -2.05. The molecule has 3 atom stereocenters. The molecule has 1 heterocycles. The molecule has 0 spiro atoms. The van der Waals surface area contributed by atoms with Crippen LogP contribution in [0.15, 0.2) is 164 Å². The molecule has 0 aliphatic heterocycles. The third-order valence-electron chi connectivity index (χ3n) is 11.5. The number of rotatable bonds is 6. The third kappa shape index (κ3) is 5.17. The SMILES string of the molecule is Cc1ccc2c(c1-c1cc3ccccc3cc1C(C)c1ccc(-c3nc(-c4ccccc4)cc(-c4ccccc4)n3)cc1)-c1ccccc1[C@@H]1CC21. The standard InChI is InChI=1S/C50H38N2/c1-31-21-26-41-44-29-43(44)39-19-11-12-20-40(39)49(41)48(31)45-28-38-18-10-9-17-37(38)27-42(45)32(2)33-22-24-36(25-23-33)50-51-46(34-13-5-3-6-14-34)30-47(52-50)35-15-7-4-8-16-35/h3-28,30,32,43-44H,29H2,1-2H3/t32?,43-,44?/m0/s1. The first-order valence-electron chi connectivity index (χ1n) is 18.5. The highest BCUT2D eigenvalue weighted by Gasteiger charge is 2.46. The van der Waals surface area contributed by atoms with E-state index in [9.17, 15) is 0 Å². The molecule has 2 heteroatoms. The fourth-order valence-electron chi connectivity index (χ4n) is 8.62. The first-order chi connectivity index (χ1) is 25.6. The summed E-state index contributed by atoms with van der Waals surface area (Å²) < 4.78 is 0. The summed E-state index contributed by atoms with van der Waals surface area (Å²) in [6.45, 7) is 4.65. The lowest BCUT2D eigenvalue weighted by Gasteiger charge is -2.27. The summed E-state index contributed by atoms with van der Waals surface area (Å²) in [5, 5.41) is 2.55. The van der Waals surface area contributed by atoms with Crippen molar-refractivity contribution < 1.29 is 0 Å². The van der Waals surface area contributed by atoms with Crippen LogP contribution in [0.4, 0.5) is 0 Å². The Bertz CT molecular complexity index is 2560. The minimum absolute atomic E-state index is 0.160. The second-order valence-electron chi connectivity index (χ2n) is 14.6. The van der Waals surface area contributed by atoms with Crippen molar-refractivity contribution in [2.24, 2.45) is 0 Å². The first kappa shape index (κ1) is 30.7. The average Bonchev–Trinajstić information content (AvgIpc) is 4.02. The van der Waals surface area contributed by atoms with E-state index in [1.165, 1.54) is 67.3 Å². The molecular weight excluding hydrogens is 629 g/mol. The Labute approximate surface area is 305 Å². The largest absolute Gasteiger partial charge is 0.228 e. The maximum atomic E-state index is 5.09. The van der Waals surface area contributed by atoms with Gasteiger partial charge in [-0.15, -0.1) is 0 Å². The highest BCUT2D eigenvalue weighted by atomic mass is 14.9. The van der Waals surface area contributed by atoms with E-state index < -0.39 is 0 Å². The van der Waals surface area contributed by atoms with Crippen molar-refractivity contribution in [3.05, 3.63) is 192 Å². The van der Waals surface area contributed by atoms with Crippen LogP contribution >= 0.6 is 0 Å². The zero-order valence-electron chi connectivity index (χ0n) is 29.4.